The summed E-state index contributed by atoms with van der Waals surface area (Å²) in [5, 5.41) is 8.68. The first-order chi connectivity index (χ1) is 10.9. The molecule has 2 aromatic heterocycles. The first-order valence-electron chi connectivity index (χ1n) is 7.83. The summed E-state index contributed by atoms with van der Waals surface area (Å²) >= 11 is 1.78. The zero-order valence-corrected chi connectivity index (χ0v) is 18.1. The molecule has 2 N–H and O–H groups in total. The molecule has 0 aliphatic rings. The number of hydrogen-bond donors (Lipinski definition) is 2. The van der Waals surface area contributed by atoms with E-state index in [1.807, 2.05) is 0 Å². The van der Waals surface area contributed by atoms with Gasteiger partial charge in [-0.1, -0.05) is 33.8 Å². The first-order valence-corrected chi connectivity index (χ1v) is 8.71. The Morgan fingerprint density at radius 1 is 1.38 bits per heavy atom. The zero-order chi connectivity index (χ0) is 16.9. The lowest BCUT2D eigenvalue weighted by atomic mass is 9.94. The SMILES string of the molecule is CN=C(NCc1ncc(C(C)(C)C)o1)NCC(C)c1cccs1.I. The van der Waals surface area contributed by atoms with Crippen LogP contribution in [-0.4, -0.2) is 24.5 Å². The smallest absolute Gasteiger partial charge is 0.213 e. The lowest BCUT2D eigenvalue weighted by Gasteiger charge is -2.15. The number of nitrogens with zero attached hydrogens (tertiary/aromatic N) is 2. The Labute approximate surface area is 165 Å². The molecule has 2 heterocycles. The van der Waals surface area contributed by atoms with E-state index in [0.29, 0.717) is 18.4 Å². The summed E-state index contributed by atoms with van der Waals surface area (Å²) in [6.45, 7) is 9.88. The van der Waals surface area contributed by atoms with Crippen LogP contribution >= 0.6 is 35.3 Å². The van der Waals surface area contributed by atoms with E-state index in [-0.39, 0.29) is 29.4 Å². The van der Waals surface area contributed by atoms with Gasteiger partial charge in [-0.2, -0.15) is 0 Å². The third kappa shape index (κ3) is 6.08. The average Bonchev–Trinajstić information content (AvgIpc) is 3.18. The molecule has 24 heavy (non-hydrogen) atoms. The van der Waals surface area contributed by atoms with Gasteiger partial charge in [0.2, 0.25) is 5.89 Å². The van der Waals surface area contributed by atoms with Crippen molar-refractivity contribution in [2.75, 3.05) is 13.6 Å². The summed E-state index contributed by atoms with van der Waals surface area (Å²) in [6.07, 6.45) is 1.80. The maximum absolute atomic E-state index is 5.77. The number of rotatable bonds is 5. The van der Waals surface area contributed by atoms with Crippen LogP contribution in [0, 0.1) is 0 Å². The van der Waals surface area contributed by atoms with Crippen LogP contribution in [0.15, 0.2) is 33.1 Å². The summed E-state index contributed by atoms with van der Waals surface area (Å²) < 4.78 is 5.77. The maximum Gasteiger partial charge on any atom is 0.213 e. The second-order valence-corrected chi connectivity index (χ2v) is 7.57. The number of hydrogen-bond acceptors (Lipinski definition) is 4. The van der Waals surface area contributed by atoms with Gasteiger partial charge in [-0.3, -0.25) is 4.99 Å². The van der Waals surface area contributed by atoms with Crippen LogP contribution in [0.5, 0.6) is 0 Å². The van der Waals surface area contributed by atoms with E-state index in [2.05, 4.69) is 65.8 Å². The van der Waals surface area contributed by atoms with Crippen LogP contribution in [0.25, 0.3) is 0 Å². The molecule has 2 aromatic rings. The Kier molecular flexibility index (Phi) is 8.21. The Morgan fingerprint density at radius 3 is 2.67 bits per heavy atom. The quantitative estimate of drug-likeness (QED) is 0.399. The van der Waals surface area contributed by atoms with Crippen LogP contribution in [0.4, 0.5) is 0 Å². The summed E-state index contributed by atoms with van der Waals surface area (Å²) in [4.78, 5) is 9.93. The number of guanidine groups is 1. The van der Waals surface area contributed by atoms with Crippen molar-refractivity contribution in [2.24, 2.45) is 4.99 Å². The van der Waals surface area contributed by atoms with Gasteiger partial charge in [0, 0.05) is 29.8 Å². The van der Waals surface area contributed by atoms with Crippen LogP contribution in [0.1, 0.15) is 50.1 Å². The minimum Gasteiger partial charge on any atom is -0.443 e. The van der Waals surface area contributed by atoms with Crippen LogP contribution in [0.2, 0.25) is 0 Å². The van der Waals surface area contributed by atoms with Crippen molar-refractivity contribution in [3.05, 3.63) is 40.2 Å². The Bertz CT molecular complexity index is 631. The Morgan fingerprint density at radius 2 is 2.12 bits per heavy atom. The minimum atomic E-state index is -0.0265. The largest absolute Gasteiger partial charge is 0.443 e. The van der Waals surface area contributed by atoms with Gasteiger partial charge >= 0.3 is 0 Å². The second-order valence-electron chi connectivity index (χ2n) is 6.59. The summed E-state index contributed by atoms with van der Waals surface area (Å²) in [5.74, 6) is 2.76. The third-order valence-electron chi connectivity index (χ3n) is 3.53. The van der Waals surface area contributed by atoms with Crippen molar-refractivity contribution in [1.82, 2.24) is 15.6 Å². The molecule has 7 heteroatoms. The van der Waals surface area contributed by atoms with Gasteiger partial charge < -0.3 is 15.1 Å². The molecule has 1 unspecified atom stereocenters. The van der Waals surface area contributed by atoms with Gasteiger partial charge in [-0.05, 0) is 11.4 Å². The number of oxazole rings is 1. The van der Waals surface area contributed by atoms with Crippen molar-refractivity contribution in [2.45, 2.75) is 45.6 Å². The van der Waals surface area contributed by atoms with Crippen molar-refractivity contribution in [3.8, 4) is 0 Å². The van der Waals surface area contributed by atoms with Gasteiger partial charge in [0.25, 0.3) is 0 Å². The highest BCUT2D eigenvalue weighted by Gasteiger charge is 2.19. The van der Waals surface area contributed by atoms with Crippen LogP contribution in [-0.2, 0) is 12.0 Å². The van der Waals surface area contributed by atoms with E-state index in [1.54, 1.807) is 24.6 Å². The standard InChI is InChI=1S/C17H26N4OS.HI/c1-12(13-7-6-8-23-13)9-20-16(18-5)21-11-15-19-10-14(22-15)17(2,3)4;/h6-8,10,12H,9,11H2,1-5H3,(H2,18,20,21);1H. The molecule has 0 amide bonds. The van der Waals surface area contributed by atoms with Crippen molar-refractivity contribution in [3.63, 3.8) is 0 Å². The molecule has 134 valence electrons. The number of aliphatic imine (C=N–C) groups is 1. The summed E-state index contributed by atoms with van der Waals surface area (Å²) in [6, 6.07) is 4.24. The molecular weight excluding hydrogens is 435 g/mol. The molecule has 5 nitrogen and oxygen atoms in total. The summed E-state index contributed by atoms with van der Waals surface area (Å²) in [7, 11) is 1.77. The minimum absolute atomic E-state index is 0. The highest BCUT2D eigenvalue weighted by molar-refractivity contribution is 14.0. The van der Waals surface area contributed by atoms with Gasteiger partial charge in [0.05, 0.1) is 12.7 Å². The van der Waals surface area contributed by atoms with Gasteiger partial charge in [-0.25, -0.2) is 4.98 Å². The van der Waals surface area contributed by atoms with E-state index in [4.69, 9.17) is 4.42 Å². The number of aromatic nitrogens is 1. The molecule has 0 aliphatic carbocycles. The normalized spacial score (nSPS) is 13.3. The molecule has 0 saturated heterocycles. The number of nitrogens with one attached hydrogen (secondary N) is 2. The van der Waals surface area contributed by atoms with E-state index in [0.717, 1.165) is 18.3 Å². The predicted octanol–water partition coefficient (Wildman–Crippen LogP) is 4.12. The fourth-order valence-corrected chi connectivity index (χ4v) is 2.83. The van der Waals surface area contributed by atoms with Crippen molar-refractivity contribution >= 4 is 41.3 Å². The molecule has 0 saturated carbocycles. The molecule has 0 spiro atoms. The Hall–Kier alpha value is -1.09. The molecule has 0 fully saturated rings. The molecule has 0 aromatic carbocycles. The van der Waals surface area contributed by atoms with Crippen LogP contribution in [0.3, 0.4) is 0 Å². The van der Waals surface area contributed by atoms with E-state index < -0.39 is 0 Å². The fraction of sp³-hybridized carbons (Fsp3) is 0.529. The number of thiophene rings is 1. The van der Waals surface area contributed by atoms with E-state index in [9.17, 15) is 0 Å². The highest BCUT2D eigenvalue weighted by Crippen LogP contribution is 2.22. The van der Waals surface area contributed by atoms with Gasteiger partial charge in [0.15, 0.2) is 5.96 Å². The number of halogens is 1. The van der Waals surface area contributed by atoms with Crippen molar-refractivity contribution in [1.29, 1.82) is 0 Å². The lowest BCUT2D eigenvalue weighted by Crippen LogP contribution is -2.38. The van der Waals surface area contributed by atoms with Gasteiger partial charge in [0.1, 0.15) is 5.76 Å². The second kappa shape index (κ2) is 9.41. The highest BCUT2D eigenvalue weighted by atomic mass is 127. The monoisotopic (exact) mass is 462 g/mol. The predicted molar refractivity (Wildman–Crippen MR) is 112 cm³/mol. The molecule has 1 atom stereocenters. The Balaban J connectivity index is 0.00000288. The van der Waals surface area contributed by atoms with Crippen molar-refractivity contribution < 1.29 is 4.42 Å². The van der Waals surface area contributed by atoms with Gasteiger partial charge in [-0.15, -0.1) is 35.3 Å². The topological polar surface area (TPSA) is 62.5 Å². The third-order valence-corrected chi connectivity index (χ3v) is 4.63. The molecule has 0 bridgehead atoms. The summed E-state index contributed by atoms with van der Waals surface area (Å²) in [5.41, 5.74) is -0.0265. The zero-order valence-electron chi connectivity index (χ0n) is 14.9. The van der Waals surface area contributed by atoms with E-state index >= 15 is 0 Å². The molecule has 2 rings (SSSR count). The van der Waals surface area contributed by atoms with E-state index in [1.165, 1.54) is 4.88 Å². The maximum atomic E-state index is 5.77. The first kappa shape index (κ1) is 21.0. The molecule has 0 radical (unpaired) electrons. The average molecular weight is 462 g/mol. The lowest BCUT2D eigenvalue weighted by molar-refractivity contribution is 0.379. The molecular formula is C17H27IN4OS. The fourth-order valence-electron chi connectivity index (χ4n) is 2.04. The molecule has 0 aliphatic heterocycles. The van der Waals surface area contributed by atoms with Crippen LogP contribution < -0.4 is 10.6 Å².